The molecule has 0 aliphatic carbocycles. The van der Waals surface area contributed by atoms with Crippen molar-refractivity contribution in [3.63, 3.8) is 0 Å². The molecule has 1 aromatic rings. The van der Waals surface area contributed by atoms with Gasteiger partial charge in [0.15, 0.2) is 0 Å². The highest BCUT2D eigenvalue weighted by molar-refractivity contribution is 5.90. The van der Waals surface area contributed by atoms with Gasteiger partial charge in [0.2, 0.25) is 0 Å². The molecule has 0 bridgehead atoms. The molecule has 0 radical (unpaired) electrons. The van der Waals surface area contributed by atoms with Crippen molar-refractivity contribution >= 4 is 17.5 Å². The van der Waals surface area contributed by atoms with E-state index in [1.54, 1.807) is 0 Å². The number of aliphatic imine (C=N–C) groups is 1. The third-order valence-corrected chi connectivity index (χ3v) is 2.24. The fourth-order valence-corrected chi connectivity index (χ4v) is 1.39. The molecule has 1 aliphatic rings. The molecule has 0 spiro atoms. The maximum absolute atomic E-state index is 4.34. The molecule has 1 aromatic carbocycles. The van der Waals surface area contributed by atoms with Gasteiger partial charge in [-0.05, 0) is 11.6 Å². The number of fused-ring (bicyclic) bond motifs is 1. The van der Waals surface area contributed by atoms with E-state index in [-0.39, 0.29) is 0 Å². The third-order valence-electron chi connectivity index (χ3n) is 2.24. The first-order chi connectivity index (χ1) is 5.79. The first-order valence-electron chi connectivity index (χ1n) is 4.11. The van der Waals surface area contributed by atoms with E-state index < -0.39 is 0 Å². The van der Waals surface area contributed by atoms with Crippen LogP contribution in [-0.2, 0) is 0 Å². The molecule has 1 heteroatoms. The Bertz CT molecular complexity index is 350. The lowest BCUT2D eigenvalue weighted by Gasteiger charge is -2.17. The Kier molecular flexibility index (Phi) is 1.58. The van der Waals surface area contributed by atoms with Crippen LogP contribution in [0.1, 0.15) is 12.5 Å². The molecule has 60 valence electrons. The summed E-state index contributed by atoms with van der Waals surface area (Å²) in [5.41, 5.74) is 3.40. The normalized spacial score (nSPS) is 20.8. The van der Waals surface area contributed by atoms with Crippen molar-refractivity contribution in [1.29, 1.82) is 0 Å². The molecule has 1 nitrogen and oxygen atoms in total. The van der Waals surface area contributed by atoms with Gasteiger partial charge in [-0.1, -0.05) is 31.7 Å². The summed E-state index contributed by atoms with van der Waals surface area (Å²) in [7, 11) is 0. The van der Waals surface area contributed by atoms with Gasteiger partial charge in [-0.15, -0.1) is 0 Å². The van der Waals surface area contributed by atoms with Crippen LogP contribution in [0.4, 0.5) is 5.69 Å². The van der Waals surface area contributed by atoms with E-state index in [0.29, 0.717) is 5.92 Å². The van der Waals surface area contributed by atoms with Crippen LogP contribution in [0, 0.1) is 5.92 Å². The van der Waals surface area contributed by atoms with Gasteiger partial charge in [0, 0.05) is 17.7 Å². The van der Waals surface area contributed by atoms with Crippen molar-refractivity contribution in [2.24, 2.45) is 10.9 Å². The second-order valence-corrected chi connectivity index (χ2v) is 3.11. The van der Waals surface area contributed by atoms with Gasteiger partial charge >= 0.3 is 0 Å². The SMILES string of the molecule is C=C1c2ccccc2N=CC1C. The van der Waals surface area contributed by atoms with Crippen molar-refractivity contribution in [2.45, 2.75) is 6.92 Å². The van der Waals surface area contributed by atoms with E-state index in [2.05, 4.69) is 24.6 Å². The van der Waals surface area contributed by atoms with Gasteiger partial charge < -0.3 is 0 Å². The average molecular weight is 157 g/mol. The van der Waals surface area contributed by atoms with Gasteiger partial charge in [0.25, 0.3) is 0 Å². The zero-order valence-electron chi connectivity index (χ0n) is 7.12. The van der Waals surface area contributed by atoms with Gasteiger partial charge in [0.1, 0.15) is 0 Å². The quantitative estimate of drug-likeness (QED) is 0.549. The lowest BCUT2D eigenvalue weighted by molar-refractivity contribution is 1.04. The van der Waals surface area contributed by atoms with Crippen LogP contribution < -0.4 is 0 Å². The molecule has 0 fully saturated rings. The number of para-hydroxylation sites is 1. The zero-order chi connectivity index (χ0) is 8.55. The number of hydrogen-bond donors (Lipinski definition) is 0. The number of hydrogen-bond acceptors (Lipinski definition) is 1. The highest BCUT2D eigenvalue weighted by atomic mass is 14.7. The van der Waals surface area contributed by atoms with Crippen molar-refractivity contribution in [2.75, 3.05) is 0 Å². The largest absolute Gasteiger partial charge is 0.260 e. The first kappa shape index (κ1) is 7.29. The Balaban J connectivity index is 2.59. The van der Waals surface area contributed by atoms with E-state index in [9.17, 15) is 0 Å². The minimum atomic E-state index is 0.375. The predicted molar refractivity (Wildman–Crippen MR) is 52.8 cm³/mol. The van der Waals surface area contributed by atoms with Crippen molar-refractivity contribution < 1.29 is 0 Å². The zero-order valence-corrected chi connectivity index (χ0v) is 7.12. The highest BCUT2D eigenvalue weighted by Gasteiger charge is 2.13. The molecule has 0 amide bonds. The smallest absolute Gasteiger partial charge is 0.0701 e. The summed E-state index contributed by atoms with van der Waals surface area (Å²) in [5.74, 6) is 0.375. The molecule has 1 atom stereocenters. The third kappa shape index (κ3) is 0.981. The molecule has 0 saturated heterocycles. The Morgan fingerprint density at radius 2 is 2.08 bits per heavy atom. The van der Waals surface area contributed by atoms with Crippen molar-refractivity contribution in [3.05, 3.63) is 36.4 Å². The molecular formula is C11H11N. The van der Waals surface area contributed by atoms with E-state index >= 15 is 0 Å². The van der Waals surface area contributed by atoms with E-state index in [1.165, 1.54) is 11.1 Å². The molecule has 0 saturated carbocycles. The van der Waals surface area contributed by atoms with Gasteiger partial charge in [0.05, 0.1) is 5.69 Å². The summed E-state index contributed by atoms with van der Waals surface area (Å²) in [6.45, 7) is 6.16. The van der Waals surface area contributed by atoms with Crippen LogP contribution in [0.25, 0.3) is 5.57 Å². The molecular weight excluding hydrogens is 146 g/mol. The number of nitrogens with zero attached hydrogens (tertiary/aromatic N) is 1. The van der Waals surface area contributed by atoms with Crippen LogP contribution >= 0.6 is 0 Å². The van der Waals surface area contributed by atoms with Crippen molar-refractivity contribution in [1.82, 2.24) is 0 Å². The fourth-order valence-electron chi connectivity index (χ4n) is 1.39. The Morgan fingerprint density at radius 3 is 2.92 bits per heavy atom. The van der Waals surface area contributed by atoms with Gasteiger partial charge in [-0.25, -0.2) is 0 Å². The fraction of sp³-hybridized carbons (Fsp3) is 0.182. The Hall–Kier alpha value is -1.37. The molecule has 0 N–H and O–H groups in total. The van der Waals surface area contributed by atoms with Gasteiger partial charge in [-0.3, -0.25) is 4.99 Å². The van der Waals surface area contributed by atoms with Crippen LogP contribution in [0.3, 0.4) is 0 Å². The van der Waals surface area contributed by atoms with E-state index in [1.807, 2.05) is 24.4 Å². The average Bonchev–Trinajstić information content (AvgIpc) is 2.12. The Labute approximate surface area is 72.5 Å². The highest BCUT2D eigenvalue weighted by Crippen LogP contribution is 2.32. The molecule has 1 unspecified atom stereocenters. The van der Waals surface area contributed by atoms with Crippen LogP contribution in [-0.4, -0.2) is 6.21 Å². The summed E-state index contributed by atoms with van der Waals surface area (Å²) in [5, 5.41) is 0. The van der Waals surface area contributed by atoms with E-state index in [4.69, 9.17) is 0 Å². The summed E-state index contributed by atoms with van der Waals surface area (Å²) >= 11 is 0. The molecule has 1 heterocycles. The second kappa shape index (κ2) is 2.59. The minimum absolute atomic E-state index is 0.375. The summed E-state index contributed by atoms with van der Waals surface area (Å²) in [6, 6.07) is 8.12. The Morgan fingerprint density at radius 1 is 1.33 bits per heavy atom. The van der Waals surface area contributed by atoms with Crippen LogP contribution in [0.5, 0.6) is 0 Å². The summed E-state index contributed by atoms with van der Waals surface area (Å²) in [4.78, 5) is 4.34. The summed E-state index contributed by atoms with van der Waals surface area (Å²) in [6.07, 6.45) is 1.95. The predicted octanol–water partition coefficient (Wildman–Crippen LogP) is 3.05. The number of benzene rings is 1. The molecule has 0 aromatic heterocycles. The summed E-state index contributed by atoms with van der Waals surface area (Å²) < 4.78 is 0. The van der Waals surface area contributed by atoms with Crippen LogP contribution in [0.2, 0.25) is 0 Å². The first-order valence-corrected chi connectivity index (χ1v) is 4.11. The lowest BCUT2D eigenvalue weighted by atomic mass is 9.93. The second-order valence-electron chi connectivity index (χ2n) is 3.11. The lowest BCUT2D eigenvalue weighted by Crippen LogP contribution is -2.03. The topological polar surface area (TPSA) is 12.4 Å². The molecule has 1 aliphatic heterocycles. The monoisotopic (exact) mass is 157 g/mol. The molecule has 2 rings (SSSR count). The number of rotatable bonds is 0. The maximum Gasteiger partial charge on any atom is 0.0701 e. The number of allylic oxidation sites excluding steroid dienone is 1. The molecule has 12 heavy (non-hydrogen) atoms. The minimum Gasteiger partial charge on any atom is -0.260 e. The maximum atomic E-state index is 4.34. The van der Waals surface area contributed by atoms with Crippen LogP contribution in [0.15, 0.2) is 35.8 Å². The van der Waals surface area contributed by atoms with E-state index in [0.717, 1.165) is 5.69 Å². The van der Waals surface area contributed by atoms with Crippen molar-refractivity contribution in [3.8, 4) is 0 Å². The standard InChI is InChI=1S/C11H11N/c1-8-7-12-11-6-4-3-5-10(11)9(8)2/h3-8H,2H2,1H3. The van der Waals surface area contributed by atoms with Gasteiger partial charge in [-0.2, -0.15) is 0 Å².